The van der Waals surface area contributed by atoms with E-state index in [4.69, 9.17) is 4.74 Å². The molecule has 1 fully saturated rings. The molecule has 0 saturated carbocycles. The quantitative estimate of drug-likeness (QED) is 0.639. The monoisotopic (exact) mass is 412 g/mol. The molecular formula is C24H36N4O2. The van der Waals surface area contributed by atoms with Crippen LogP contribution < -0.4 is 15.4 Å². The Morgan fingerprint density at radius 3 is 2.77 bits per heavy atom. The van der Waals surface area contributed by atoms with E-state index in [9.17, 15) is 4.79 Å². The van der Waals surface area contributed by atoms with Crippen molar-refractivity contribution in [3.8, 4) is 5.75 Å². The molecule has 2 atom stereocenters. The van der Waals surface area contributed by atoms with Gasteiger partial charge in [0.25, 0.3) is 0 Å². The number of methoxy groups -OCH3 is 1. The third-order valence-electron chi connectivity index (χ3n) is 5.81. The van der Waals surface area contributed by atoms with Gasteiger partial charge in [-0.1, -0.05) is 19.9 Å². The SMILES string of the molecule is COc1cc(NC(C)CCCN2C(=O)[C@H](CC(C)C)NC2(C)C)c2ncccc2c1. The average molecular weight is 413 g/mol. The molecule has 1 amide bonds. The summed E-state index contributed by atoms with van der Waals surface area (Å²) in [6, 6.07) is 8.17. The van der Waals surface area contributed by atoms with Gasteiger partial charge in [-0.15, -0.1) is 0 Å². The van der Waals surface area contributed by atoms with Crippen LogP contribution in [-0.4, -0.2) is 47.2 Å². The van der Waals surface area contributed by atoms with E-state index in [1.54, 1.807) is 7.11 Å². The van der Waals surface area contributed by atoms with Gasteiger partial charge in [0.1, 0.15) is 5.75 Å². The van der Waals surface area contributed by atoms with Crippen molar-refractivity contribution in [2.45, 2.75) is 71.6 Å². The predicted octanol–water partition coefficient (Wildman–Crippen LogP) is 4.41. The Balaban J connectivity index is 1.60. The van der Waals surface area contributed by atoms with Crippen LogP contribution >= 0.6 is 0 Å². The summed E-state index contributed by atoms with van der Waals surface area (Å²) >= 11 is 0. The van der Waals surface area contributed by atoms with Gasteiger partial charge in [-0.05, 0) is 58.1 Å². The van der Waals surface area contributed by atoms with Crippen LogP contribution in [0.25, 0.3) is 10.9 Å². The number of aromatic nitrogens is 1. The first kappa shape index (κ1) is 22.3. The number of nitrogens with one attached hydrogen (secondary N) is 2. The minimum atomic E-state index is -0.291. The lowest BCUT2D eigenvalue weighted by molar-refractivity contribution is -0.131. The first-order valence-corrected chi connectivity index (χ1v) is 11.0. The summed E-state index contributed by atoms with van der Waals surface area (Å²) < 4.78 is 5.45. The Morgan fingerprint density at radius 1 is 1.30 bits per heavy atom. The number of amides is 1. The molecule has 1 saturated heterocycles. The summed E-state index contributed by atoms with van der Waals surface area (Å²) in [5.74, 6) is 1.55. The van der Waals surface area contributed by atoms with Crippen LogP contribution in [0.1, 0.15) is 53.9 Å². The molecule has 164 valence electrons. The van der Waals surface area contributed by atoms with E-state index >= 15 is 0 Å². The maximum atomic E-state index is 12.9. The minimum absolute atomic E-state index is 0.0650. The molecule has 2 heterocycles. The molecule has 0 aliphatic carbocycles. The van der Waals surface area contributed by atoms with Crippen molar-refractivity contribution in [1.29, 1.82) is 0 Å². The molecule has 0 bridgehead atoms. The maximum Gasteiger partial charge on any atom is 0.241 e. The Kier molecular flexibility index (Phi) is 6.86. The van der Waals surface area contributed by atoms with Crippen LogP contribution in [0.15, 0.2) is 30.5 Å². The molecule has 30 heavy (non-hydrogen) atoms. The Labute approximate surface area is 180 Å². The van der Waals surface area contributed by atoms with E-state index in [0.29, 0.717) is 5.92 Å². The standard InChI is InChI=1S/C24H36N4O2/c1-16(2)13-21-23(29)28(24(4,5)27-21)12-8-9-17(3)26-20-15-19(30-6)14-18-10-7-11-25-22(18)20/h7,10-11,14-17,21,26-27H,8-9,12-13H2,1-6H3/t17?,21-/m0/s1. The first-order valence-electron chi connectivity index (χ1n) is 11.0. The molecule has 3 rings (SSSR count). The first-order chi connectivity index (χ1) is 14.2. The second kappa shape index (κ2) is 9.21. The summed E-state index contributed by atoms with van der Waals surface area (Å²) in [4.78, 5) is 19.4. The van der Waals surface area contributed by atoms with E-state index < -0.39 is 0 Å². The van der Waals surface area contributed by atoms with Crippen molar-refractivity contribution in [3.05, 3.63) is 30.5 Å². The fourth-order valence-electron chi connectivity index (χ4n) is 4.34. The molecule has 1 aliphatic heterocycles. The van der Waals surface area contributed by atoms with Crippen LogP contribution in [-0.2, 0) is 4.79 Å². The summed E-state index contributed by atoms with van der Waals surface area (Å²) in [6.45, 7) is 11.5. The largest absolute Gasteiger partial charge is 0.497 e. The van der Waals surface area contributed by atoms with Crippen LogP contribution in [0.2, 0.25) is 0 Å². The Bertz CT molecular complexity index is 881. The fraction of sp³-hybridized carbons (Fsp3) is 0.583. The molecule has 1 aromatic carbocycles. The molecular weight excluding hydrogens is 376 g/mol. The number of hydrogen-bond donors (Lipinski definition) is 2. The molecule has 2 aromatic rings. The van der Waals surface area contributed by atoms with Crippen molar-refractivity contribution < 1.29 is 9.53 Å². The molecule has 2 N–H and O–H groups in total. The zero-order chi connectivity index (χ0) is 21.9. The normalized spacial score (nSPS) is 19.5. The molecule has 0 spiro atoms. The highest BCUT2D eigenvalue weighted by Crippen LogP contribution is 2.29. The highest BCUT2D eigenvalue weighted by atomic mass is 16.5. The Morgan fingerprint density at radius 2 is 2.07 bits per heavy atom. The number of nitrogens with zero attached hydrogens (tertiary/aromatic N) is 2. The highest BCUT2D eigenvalue weighted by molar-refractivity contribution is 5.92. The molecule has 1 aromatic heterocycles. The van der Waals surface area contributed by atoms with E-state index in [1.165, 1.54) is 0 Å². The van der Waals surface area contributed by atoms with E-state index in [2.05, 4.69) is 50.2 Å². The smallest absolute Gasteiger partial charge is 0.241 e. The van der Waals surface area contributed by atoms with Crippen molar-refractivity contribution in [1.82, 2.24) is 15.2 Å². The van der Waals surface area contributed by atoms with Crippen molar-refractivity contribution in [2.24, 2.45) is 5.92 Å². The van der Waals surface area contributed by atoms with Crippen LogP contribution in [0, 0.1) is 5.92 Å². The van der Waals surface area contributed by atoms with Gasteiger partial charge in [-0.3, -0.25) is 15.1 Å². The summed E-state index contributed by atoms with van der Waals surface area (Å²) in [5.41, 5.74) is 1.63. The number of carbonyl (C=O) groups excluding carboxylic acids is 1. The second-order valence-corrected chi connectivity index (χ2v) is 9.31. The molecule has 6 nitrogen and oxygen atoms in total. The van der Waals surface area contributed by atoms with Crippen LogP contribution in [0.5, 0.6) is 5.75 Å². The van der Waals surface area contributed by atoms with Gasteiger partial charge in [0.05, 0.1) is 30.0 Å². The number of fused-ring (bicyclic) bond motifs is 1. The fourth-order valence-corrected chi connectivity index (χ4v) is 4.34. The van der Waals surface area contributed by atoms with Gasteiger partial charge in [0.15, 0.2) is 0 Å². The molecule has 1 aliphatic rings. The third-order valence-corrected chi connectivity index (χ3v) is 5.81. The minimum Gasteiger partial charge on any atom is -0.497 e. The van der Waals surface area contributed by atoms with Crippen LogP contribution in [0.3, 0.4) is 0 Å². The van der Waals surface area contributed by atoms with Gasteiger partial charge < -0.3 is 15.0 Å². The number of ether oxygens (including phenoxy) is 1. The lowest BCUT2D eigenvalue weighted by atomic mass is 10.0. The Hall–Kier alpha value is -2.34. The average Bonchev–Trinajstić information content (AvgIpc) is 2.89. The molecule has 1 unspecified atom stereocenters. The van der Waals surface area contributed by atoms with Gasteiger partial charge >= 0.3 is 0 Å². The van der Waals surface area contributed by atoms with E-state index in [0.717, 1.165) is 48.1 Å². The number of benzene rings is 1. The number of pyridine rings is 1. The summed E-state index contributed by atoms with van der Waals surface area (Å²) in [7, 11) is 1.68. The zero-order valence-electron chi connectivity index (χ0n) is 19.2. The van der Waals surface area contributed by atoms with Gasteiger partial charge in [-0.2, -0.15) is 0 Å². The lowest BCUT2D eigenvalue weighted by Crippen LogP contribution is -2.47. The summed E-state index contributed by atoms with van der Waals surface area (Å²) in [6.07, 6.45) is 4.59. The van der Waals surface area contributed by atoms with E-state index in [-0.39, 0.29) is 23.7 Å². The summed E-state index contributed by atoms with van der Waals surface area (Å²) in [5, 5.41) is 8.15. The van der Waals surface area contributed by atoms with Crippen molar-refractivity contribution in [2.75, 3.05) is 19.0 Å². The zero-order valence-corrected chi connectivity index (χ0v) is 19.2. The second-order valence-electron chi connectivity index (χ2n) is 9.31. The van der Waals surface area contributed by atoms with E-state index in [1.807, 2.05) is 35.4 Å². The number of anilines is 1. The maximum absolute atomic E-state index is 12.9. The van der Waals surface area contributed by atoms with Crippen molar-refractivity contribution in [3.63, 3.8) is 0 Å². The van der Waals surface area contributed by atoms with Gasteiger partial charge in [-0.25, -0.2) is 0 Å². The molecule has 0 radical (unpaired) electrons. The van der Waals surface area contributed by atoms with Crippen molar-refractivity contribution >= 4 is 22.5 Å². The van der Waals surface area contributed by atoms with Crippen LogP contribution in [0.4, 0.5) is 5.69 Å². The number of carbonyl (C=O) groups is 1. The lowest BCUT2D eigenvalue weighted by Gasteiger charge is -2.31. The topological polar surface area (TPSA) is 66.5 Å². The number of hydrogen-bond acceptors (Lipinski definition) is 5. The molecule has 6 heteroatoms. The number of rotatable bonds is 9. The van der Waals surface area contributed by atoms with Gasteiger partial charge in [0, 0.05) is 30.2 Å². The third kappa shape index (κ3) is 5.04. The van der Waals surface area contributed by atoms with Gasteiger partial charge in [0.2, 0.25) is 5.91 Å². The highest BCUT2D eigenvalue weighted by Gasteiger charge is 2.43. The predicted molar refractivity (Wildman–Crippen MR) is 123 cm³/mol.